The first-order valence-electron chi connectivity index (χ1n) is 8.30. The Morgan fingerprint density at radius 1 is 1.08 bits per heavy atom. The van der Waals surface area contributed by atoms with Gasteiger partial charge in [-0.2, -0.15) is 4.31 Å². The second-order valence-electron chi connectivity index (χ2n) is 5.87. The maximum absolute atomic E-state index is 12.8. The van der Waals surface area contributed by atoms with Gasteiger partial charge in [0.1, 0.15) is 0 Å². The first-order chi connectivity index (χ1) is 12.3. The number of carbonyl (C=O) groups excluding carboxylic acids is 1. The van der Waals surface area contributed by atoms with Gasteiger partial charge in [-0.25, -0.2) is 13.2 Å². The predicted molar refractivity (Wildman–Crippen MR) is 102 cm³/mol. The molecule has 0 N–H and O–H groups in total. The number of benzene rings is 2. The topological polar surface area (TPSA) is 63.7 Å². The minimum Gasteiger partial charge on any atom is -0.463 e. The fourth-order valence-electron chi connectivity index (χ4n) is 2.36. The number of hydrogen-bond acceptors (Lipinski definition) is 4. The van der Waals surface area contributed by atoms with Crippen molar-refractivity contribution in [2.24, 2.45) is 0 Å². The molecular formula is C20H23NO4S. The van der Waals surface area contributed by atoms with E-state index in [1.807, 2.05) is 37.3 Å². The van der Waals surface area contributed by atoms with Crippen LogP contribution in [0.15, 0.2) is 65.1 Å². The second-order valence-corrected chi connectivity index (χ2v) is 7.92. The predicted octanol–water partition coefficient (Wildman–Crippen LogP) is 3.26. The number of esters is 1. The quantitative estimate of drug-likeness (QED) is 0.552. The van der Waals surface area contributed by atoms with E-state index in [2.05, 4.69) is 0 Å². The first-order valence-corrected chi connectivity index (χ1v) is 9.74. The Hall–Kier alpha value is -2.44. The molecule has 138 valence electrons. The van der Waals surface area contributed by atoms with E-state index in [1.165, 1.54) is 7.05 Å². The van der Waals surface area contributed by atoms with Gasteiger partial charge in [0, 0.05) is 13.6 Å². The third-order valence-electron chi connectivity index (χ3n) is 3.80. The van der Waals surface area contributed by atoms with Crippen LogP contribution < -0.4 is 0 Å². The molecule has 0 bridgehead atoms. The molecule has 0 fully saturated rings. The molecule has 2 aromatic carbocycles. The van der Waals surface area contributed by atoms with Gasteiger partial charge in [0.05, 0.1) is 17.1 Å². The first kappa shape index (κ1) is 19.9. The Kier molecular flexibility index (Phi) is 6.71. The fourth-order valence-corrected chi connectivity index (χ4v) is 3.51. The summed E-state index contributed by atoms with van der Waals surface area (Å²) in [5, 5.41) is 0. The molecule has 0 aliphatic heterocycles. The van der Waals surface area contributed by atoms with Gasteiger partial charge in [-0.1, -0.05) is 48.0 Å². The van der Waals surface area contributed by atoms with Gasteiger partial charge < -0.3 is 4.74 Å². The molecule has 0 aliphatic rings. The molecule has 2 rings (SSSR count). The van der Waals surface area contributed by atoms with Crippen LogP contribution in [0.2, 0.25) is 0 Å². The van der Waals surface area contributed by atoms with Crippen LogP contribution in [0, 0.1) is 6.92 Å². The van der Waals surface area contributed by atoms with E-state index in [9.17, 15) is 13.2 Å². The van der Waals surface area contributed by atoms with Gasteiger partial charge in [-0.15, -0.1) is 0 Å². The number of sulfonamides is 1. The SMILES string of the molecule is CCOC(=O)/C(=C\c1ccccc1)CN(C)S(=O)(=O)c1ccc(C)cc1. The average molecular weight is 373 g/mol. The van der Waals surface area contributed by atoms with E-state index in [1.54, 1.807) is 37.3 Å². The Balaban J connectivity index is 2.30. The lowest BCUT2D eigenvalue weighted by Crippen LogP contribution is -2.31. The highest BCUT2D eigenvalue weighted by Crippen LogP contribution is 2.18. The Bertz CT molecular complexity index is 872. The molecule has 0 amide bonds. The molecule has 0 atom stereocenters. The van der Waals surface area contributed by atoms with E-state index in [0.29, 0.717) is 0 Å². The van der Waals surface area contributed by atoms with Crippen molar-refractivity contribution in [3.63, 3.8) is 0 Å². The molecule has 0 radical (unpaired) electrons. The molecule has 2 aromatic rings. The van der Waals surface area contributed by atoms with Crippen molar-refractivity contribution in [3.8, 4) is 0 Å². The van der Waals surface area contributed by atoms with Crippen molar-refractivity contribution in [2.45, 2.75) is 18.7 Å². The number of hydrogen-bond donors (Lipinski definition) is 0. The van der Waals surface area contributed by atoms with Crippen molar-refractivity contribution in [1.82, 2.24) is 4.31 Å². The molecule has 0 saturated heterocycles. The molecule has 0 aliphatic carbocycles. The standard InChI is InChI=1S/C20H23NO4S/c1-4-25-20(22)18(14-17-8-6-5-7-9-17)15-21(3)26(23,24)19-12-10-16(2)11-13-19/h5-14H,4,15H2,1-3H3/b18-14-. The van der Waals surface area contributed by atoms with Crippen LogP contribution in [0.1, 0.15) is 18.1 Å². The Morgan fingerprint density at radius 2 is 1.69 bits per heavy atom. The molecule has 0 aromatic heterocycles. The third-order valence-corrected chi connectivity index (χ3v) is 5.62. The summed E-state index contributed by atoms with van der Waals surface area (Å²) < 4.78 is 31.8. The smallest absolute Gasteiger partial charge is 0.335 e. The summed E-state index contributed by atoms with van der Waals surface area (Å²) in [6, 6.07) is 15.9. The van der Waals surface area contributed by atoms with Crippen LogP contribution >= 0.6 is 0 Å². The van der Waals surface area contributed by atoms with Crippen LogP contribution in [0.25, 0.3) is 6.08 Å². The number of aryl methyl sites for hydroxylation is 1. The number of nitrogens with zero attached hydrogens (tertiary/aromatic N) is 1. The summed E-state index contributed by atoms with van der Waals surface area (Å²) >= 11 is 0. The summed E-state index contributed by atoms with van der Waals surface area (Å²) in [7, 11) is -2.26. The van der Waals surface area contributed by atoms with E-state index in [-0.39, 0.29) is 23.6 Å². The molecule has 0 spiro atoms. The lowest BCUT2D eigenvalue weighted by atomic mass is 10.1. The van der Waals surface area contributed by atoms with Crippen molar-refractivity contribution in [2.75, 3.05) is 20.2 Å². The summed E-state index contributed by atoms with van der Waals surface area (Å²) in [6.07, 6.45) is 1.65. The van der Waals surface area contributed by atoms with Crippen LogP contribution in [-0.4, -0.2) is 38.9 Å². The molecule has 0 saturated carbocycles. The molecule has 6 heteroatoms. The van der Waals surface area contributed by atoms with Crippen molar-refractivity contribution in [3.05, 3.63) is 71.3 Å². The van der Waals surface area contributed by atoms with E-state index in [0.717, 1.165) is 15.4 Å². The summed E-state index contributed by atoms with van der Waals surface area (Å²) in [5.74, 6) is -0.526. The van der Waals surface area contributed by atoms with E-state index >= 15 is 0 Å². The van der Waals surface area contributed by atoms with Crippen LogP contribution in [0.4, 0.5) is 0 Å². The molecule has 0 heterocycles. The monoisotopic (exact) mass is 373 g/mol. The Morgan fingerprint density at radius 3 is 2.27 bits per heavy atom. The third kappa shape index (κ3) is 5.03. The summed E-state index contributed by atoms with van der Waals surface area (Å²) in [6.45, 7) is 3.75. The fraction of sp³-hybridized carbons (Fsp3) is 0.250. The zero-order chi connectivity index (χ0) is 19.2. The number of carbonyl (C=O) groups is 1. The number of ether oxygens (including phenoxy) is 1. The zero-order valence-electron chi connectivity index (χ0n) is 15.2. The second kappa shape index (κ2) is 8.78. The minimum absolute atomic E-state index is 0.0794. The summed E-state index contributed by atoms with van der Waals surface area (Å²) in [4.78, 5) is 12.5. The average Bonchev–Trinajstić information content (AvgIpc) is 2.62. The number of likely N-dealkylation sites (N-methyl/N-ethyl adjacent to an activating group) is 1. The van der Waals surface area contributed by atoms with Gasteiger partial charge in [0.2, 0.25) is 10.0 Å². The van der Waals surface area contributed by atoms with Gasteiger partial charge >= 0.3 is 5.97 Å². The van der Waals surface area contributed by atoms with Crippen molar-refractivity contribution >= 4 is 22.1 Å². The summed E-state index contributed by atoms with van der Waals surface area (Å²) in [5.41, 5.74) is 2.05. The lowest BCUT2D eigenvalue weighted by Gasteiger charge is -2.18. The van der Waals surface area contributed by atoms with Crippen LogP contribution in [0.3, 0.4) is 0 Å². The largest absolute Gasteiger partial charge is 0.463 e. The van der Waals surface area contributed by atoms with Crippen LogP contribution in [-0.2, 0) is 19.6 Å². The van der Waals surface area contributed by atoms with Crippen molar-refractivity contribution in [1.29, 1.82) is 0 Å². The highest BCUT2D eigenvalue weighted by molar-refractivity contribution is 7.89. The van der Waals surface area contributed by atoms with Gasteiger partial charge in [-0.05, 0) is 37.6 Å². The van der Waals surface area contributed by atoms with Crippen LogP contribution in [0.5, 0.6) is 0 Å². The highest BCUT2D eigenvalue weighted by Gasteiger charge is 2.24. The minimum atomic E-state index is -3.71. The molecule has 0 unspecified atom stereocenters. The molecule has 26 heavy (non-hydrogen) atoms. The van der Waals surface area contributed by atoms with Gasteiger partial charge in [0.15, 0.2) is 0 Å². The normalized spacial score (nSPS) is 12.2. The molecular weight excluding hydrogens is 350 g/mol. The highest BCUT2D eigenvalue weighted by atomic mass is 32.2. The number of rotatable bonds is 7. The lowest BCUT2D eigenvalue weighted by molar-refractivity contribution is -0.138. The maximum Gasteiger partial charge on any atom is 0.335 e. The zero-order valence-corrected chi connectivity index (χ0v) is 16.0. The maximum atomic E-state index is 12.8. The van der Waals surface area contributed by atoms with Crippen molar-refractivity contribution < 1.29 is 17.9 Å². The van der Waals surface area contributed by atoms with E-state index in [4.69, 9.17) is 4.74 Å². The molecule has 5 nitrogen and oxygen atoms in total. The van der Waals surface area contributed by atoms with Gasteiger partial charge in [0.25, 0.3) is 0 Å². The Labute approximate surface area is 155 Å². The van der Waals surface area contributed by atoms with Gasteiger partial charge in [-0.3, -0.25) is 0 Å². The van der Waals surface area contributed by atoms with E-state index < -0.39 is 16.0 Å².